The summed E-state index contributed by atoms with van der Waals surface area (Å²) in [5.74, 6) is 5.48. The highest BCUT2D eigenvalue weighted by Gasteiger charge is 2.30. The summed E-state index contributed by atoms with van der Waals surface area (Å²) in [6, 6.07) is 4.82. The molecule has 0 aliphatic carbocycles. The van der Waals surface area contributed by atoms with Crippen LogP contribution in [0.1, 0.15) is 18.9 Å². The number of benzene rings is 1. The van der Waals surface area contributed by atoms with Crippen molar-refractivity contribution in [2.24, 2.45) is 5.92 Å². The van der Waals surface area contributed by atoms with Gasteiger partial charge in [-0.1, -0.05) is 41.6 Å². The minimum Gasteiger partial charge on any atom is -0.342 e. The molecule has 2 atom stereocenters. The van der Waals surface area contributed by atoms with Crippen molar-refractivity contribution in [1.29, 1.82) is 0 Å². The van der Waals surface area contributed by atoms with Crippen molar-refractivity contribution in [2.45, 2.75) is 19.4 Å². The van der Waals surface area contributed by atoms with E-state index in [9.17, 15) is 9.59 Å². The van der Waals surface area contributed by atoms with Gasteiger partial charge in [-0.2, -0.15) is 0 Å². The lowest BCUT2D eigenvalue weighted by Crippen LogP contribution is -2.38. The van der Waals surface area contributed by atoms with E-state index in [1.807, 2.05) is 6.92 Å². The van der Waals surface area contributed by atoms with E-state index in [-0.39, 0.29) is 23.8 Å². The minimum atomic E-state index is -0.309. The molecule has 0 aromatic heterocycles. The minimum absolute atomic E-state index is 0.0923. The second-order valence-electron chi connectivity index (χ2n) is 5.60. The topological polar surface area (TPSA) is 49.4 Å². The first-order chi connectivity index (χ1) is 11.4. The Hall–Kier alpha value is -1.96. The third-order valence-corrected chi connectivity index (χ3v) is 4.50. The molecule has 2 rings (SSSR count). The highest BCUT2D eigenvalue weighted by atomic mass is 35.5. The van der Waals surface area contributed by atoms with Crippen LogP contribution in [0.25, 0.3) is 0 Å². The zero-order chi connectivity index (χ0) is 17.7. The molecule has 0 saturated carbocycles. The standard InChI is InChI=1S/C18H18Cl2N2O2/c1-3-17(23)22-9-8-14(11-22)18(24)21-12(2)4-5-13-6-7-15(19)16(20)10-13/h3,6-7,10,12,14H,1,8-9,11H2,2H3,(H,21,24). The highest BCUT2D eigenvalue weighted by molar-refractivity contribution is 6.42. The average Bonchev–Trinajstić information content (AvgIpc) is 3.05. The first kappa shape index (κ1) is 18.4. The Kier molecular flexibility index (Phi) is 6.30. The van der Waals surface area contributed by atoms with Crippen LogP contribution < -0.4 is 5.32 Å². The molecule has 1 N–H and O–H groups in total. The highest BCUT2D eigenvalue weighted by Crippen LogP contribution is 2.22. The molecular formula is C18H18Cl2N2O2. The van der Waals surface area contributed by atoms with Gasteiger partial charge in [0.25, 0.3) is 0 Å². The van der Waals surface area contributed by atoms with E-state index in [0.29, 0.717) is 29.6 Å². The molecule has 1 aromatic carbocycles. The molecular weight excluding hydrogens is 347 g/mol. The van der Waals surface area contributed by atoms with Crippen LogP contribution in [-0.2, 0) is 9.59 Å². The first-order valence-corrected chi connectivity index (χ1v) is 8.34. The molecule has 24 heavy (non-hydrogen) atoms. The Morgan fingerprint density at radius 1 is 1.42 bits per heavy atom. The number of rotatable bonds is 3. The summed E-state index contributed by atoms with van der Waals surface area (Å²) >= 11 is 11.8. The van der Waals surface area contributed by atoms with Crippen LogP contribution in [0.5, 0.6) is 0 Å². The Balaban J connectivity index is 1.91. The molecule has 4 nitrogen and oxygen atoms in total. The molecule has 126 valence electrons. The van der Waals surface area contributed by atoms with E-state index >= 15 is 0 Å². The monoisotopic (exact) mass is 364 g/mol. The van der Waals surface area contributed by atoms with E-state index in [1.165, 1.54) is 6.08 Å². The summed E-state index contributed by atoms with van der Waals surface area (Å²) in [5, 5.41) is 3.78. The fourth-order valence-corrected chi connectivity index (χ4v) is 2.73. The van der Waals surface area contributed by atoms with Gasteiger partial charge in [-0.25, -0.2) is 0 Å². The molecule has 1 aliphatic heterocycles. The van der Waals surface area contributed by atoms with Crippen molar-refractivity contribution in [3.63, 3.8) is 0 Å². The van der Waals surface area contributed by atoms with Gasteiger partial charge >= 0.3 is 0 Å². The van der Waals surface area contributed by atoms with Gasteiger partial charge in [0.2, 0.25) is 11.8 Å². The van der Waals surface area contributed by atoms with Gasteiger partial charge in [0.15, 0.2) is 0 Å². The zero-order valence-electron chi connectivity index (χ0n) is 13.3. The van der Waals surface area contributed by atoms with Gasteiger partial charge in [0, 0.05) is 18.7 Å². The normalized spacial score (nSPS) is 17.6. The molecule has 1 heterocycles. The molecule has 1 aliphatic rings. The van der Waals surface area contributed by atoms with Gasteiger partial charge in [-0.3, -0.25) is 9.59 Å². The number of hydrogen-bond acceptors (Lipinski definition) is 2. The smallest absolute Gasteiger partial charge is 0.245 e. The number of nitrogens with zero attached hydrogens (tertiary/aromatic N) is 1. The number of carbonyl (C=O) groups excluding carboxylic acids is 2. The maximum Gasteiger partial charge on any atom is 0.245 e. The van der Waals surface area contributed by atoms with Crippen molar-refractivity contribution < 1.29 is 9.59 Å². The second-order valence-corrected chi connectivity index (χ2v) is 6.42. The largest absolute Gasteiger partial charge is 0.342 e. The number of carbonyl (C=O) groups is 2. The van der Waals surface area contributed by atoms with Gasteiger partial charge in [-0.15, -0.1) is 0 Å². The molecule has 1 fully saturated rings. The molecule has 0 radical (unpaired) electrons. The lowest BCUT2D eigenvalue weighted by atomic mass is 10.1. The molecule has 1 saturated heterocycles. The predicted molar refractivity (Wildman–Crippen MR) is 95.8 cm³/mol. The Bertz CT molecular complexity index is 721. The van der Waals surface area contributed by atoms with Crippen LogP contribution in [0.2, 0.25) is 10.0 Å². The van der Waals surface area contributed by atoms with E-state index < -0.39 is 0 Å². The van der Waals surface area contributed by atoms with Crippen LogP contribution >= 0.6 is 23.2 Å². The zero-order valence-corrected chi connectivity index (χ0v) is 14.8. The van der Waals surface area contributed by atoms with Gasteiger partial charge in [-0.05, 0) is 37.6 Å². The third-order valence-electron chi connectivity index (χ3n) is 3.76. The van der Waals surface area contributed by atoms with E-state index in [4.69, 9.17) is 23.2 Å². The van der Waals surface area contributed by atoms with Crippen molar-refractivity contribution in [2.75, 3.05) is 13.1 Å². The van der Waals surface area contributed by atoms with Gasteiger partial charge in [0.05, 0.1) is 22.0 Å². The van der Waals surface area contributed by atoms with Crippen LogP contribution in [0, 0.1) is 17.8 Å². The van der Waals surface area contributed by atoms with E-state index in [0.717, 1.165) is 5.56 Å². The first-order valence-electron chi connectivity index (χ1n) is 7.59. The van der Waals surface area contributed by atoms with Crippen LogP contribution in [0.15, 0.2) is 30.9 Å². The number of halogens is 2. The maximum absolute atomic E-state index is 12.2. The molecule has 0 bridgehead atoms. The molecule has 0 spiro atoms. The Morgan fingerprint density at radius 2 is 2.17 bits per heavy atom. The number of amides is 2. The summed E-state index contributed by atoms with van der Waals surface area (Å²) in [5.41, 5.74) is 0.731. The Morgan fingerprint density at radius 3 is 2.83 bits per heavy atom. The van der Waals surface area contributed by atoms with E-state index in [1.54, 1.807) is 23.1 Å². The van der Waals surface area contributed by atoms with Crippen molar-refractivity contribution in [1.82, 2.24) is 10.2 Å². The fraction of sp³-hybridized carbons (Fsp3) is 0.333. The predicted octanol–water partition coefficient (Wildman–Crippen LogP) is 2.88. The molecule has 6 heteroatoms. The molecule has 2 unspecified atom stereocenters. The lowest BCUT2D eigenvalue weighted by Gasteiger charge is -2.15. The molecule has 1 aromatic rings. The summed E-state index contributed by atoms with van der Waals surface area (Å²) in [6.45, 7) is 6.27. The van der Waals surface area contributed by atoms with Crippen molar-refractivity contribution in [3.8, 4) is 11.8 Å². The SMILES string of the molecule is C=CC(=O)N1CCC(C(=O)NC(C)C#Cc2ccc(Cl)c(Cl)c2)C1. The molecule has 2 amide bonds. The third kappa shape index (κ3) is 4.77. The van der Waals surface area contributed by atoms with Crippen molar-refractivity contribution >= 4 is 35.0 Å². The van der Waals surface area contributed by atoms with Crippen LogP contribution in [-0.4, -0.2) is 35.8 Å². The number of nitrogens with one attached hydrogen (secondary N) is 1. The maximum atomic E-state index is 12.2. The summed E-state index contributed by atoms with van der Waals surface area (Å²) in [4.78, 5) is 25.4. The summed E-state index contributed by atoms with van der Waals surface area (Å²) < 4.78 is 0. The quantitative estimate of drug-likeness (QED) is 0.662. The Labute approximate surface area is 151 Å². The van der Waals surface area contributed by atoms with Crippen LogP contribution in [0.4, 0.5) is 0 Å². The van der Waals surface area contributed by atoms with Gasteiger partial charge in [0.1, 0.15) is 0 Å². The van der Waals surface area contributed by atoms with Crippen LogP contribution in [0.3, 0.4) is 0 Å². The van der Waals surface area contributed by atoms with Crippen molar-refractivity contribution in [3.05, 3.63) is 46.5 Å². The fourth-order valence-electron chi connectivity index (χ4n) is 2.44. The lowest BCUT2D eigenvalue weighted by molar-refractivity contribution is -0.126. The van der Waals surface area contributed by atoms with E-state index in [2.05, 4.69) is 23.7 Å². The summed E-state index contributed by atoms with van der Waals surface area (Å²) in [7, 11) is 0. The second kappa shape index (κ2) is 8.23. The summed E-state index contributed by atoms with van der Waals surface area (Å²) in [6.07, 6.45) is 1.92. The number of hydrogen-bond donors (Lipinski definition) is 1. The average molecular weight is 365 g/mol. The number of likely N-dealkylation sites (tertiary alicyclic amines) is 1. The van der Waals surface area contributed by atoms with Gasteiger partial charge < -0.3 is 10.2 Å².